The summed E-state index contributed by atoms with van der Waals surface area (Å²) in [4.78, 5) is 2.72. The smallest absolute Gasteiger partial charge is 0.0809 e. The summed E-state index contributed by atoms with van der Waals surface area (Å²) in [6, 6.07) is 15.0. The van der Waals surface area contributed by atoms with Gasteiger partial charge in [0.25, 0.3) is 0 Å². The number of benzene rings is 1. The fourth-order valence-corrected chi connectivity index (χ4v) is 3.10. The molecule has 0 amide bonds. The number of nitrogens with one attached hydrogen (secondary N) is 1. The molecule has 0 saturated carbocycles. The van der Waals surface area contributed by atoms with E-state index in [4.69, 9.17) is 4.74 Å². The van der Waals surface area contributed by atoms with E-state index in [1.54, 1.807) is 0 Å². The SMILES string of the molecule is CCCNCc1ccc(COCCCc2ccccc2)s1. The normalized spacial score (nSPS) is 10.9. The lowest BCUT2D eigenvalue weighted by atomic mass is 10.1. The minimum absolute atomic E-state index is 0.743. The van der Waals surface area contributed by atoms with Crippen molar-refractivity contribution >= 4 is 11.3 Å². The van der Waals surface area contributed by atoms with Gasteiger partial charge in [-0.3, -0.25) is 0 Å². The summed E-state index contributed by atoms with van der Waals surface area (Å²) in [5.74, 6) is 0. The molecular formula is C18H25NOS. The van der Waals surface area contributed by atoms with Gasteiger partial charge in [-0.2, -0.15) is 0 Å². The number of thiophene rings is 1. The van der Waals surface area contributed by atoms with Crippen LogP contribution in [0.1, 0.15) is 35.1 Å². The molecule has 2 rings (SSSR count). The van der Waals surface area contributed by atoms with Crippen LogP contribution in [-0.4, -0.2) is 13.2 Å². The molecule has 0 radical (unpaired) electrons. The number of rotatable bonds is 10. The molecule has 0 saturated heterocycles. The zero-order chi connectivity index (χ0) is 14.8. The summed E-state index contributed by atoms with van der Waals surface area (Å²) >= 11 is 1.85. The van der Waals surface area contributed by atoms with Crippen molar-refractivity contribution in [2.45, 2.75) is 39.3 Å². The lowest BCUT2D eigenvalue weighted by molar-refractivity contribution is 0.121. The molecule has 1 N–H and O–H groups in total. The minimum Gasteiger partial charge on any atom is -0.376 e. The summed E-state index contributed by atoms with van der Waals surface area (Å²) < 4.78 is 5.77. The Morgan fingerprint density at radius 1 is 1.05 bits per heavy atom. The Balaban J connectivity index is 1.58. The van der Waals surface area contributed by atoms with Gasteiger partial charge < -0.3 is 10.1 Å². The van der Waals surface area contributed by atoms with Gasteiger partial charge in [0.1, 0.15) is 0 Å². The third-order valence-corrected chi connectivity index (χ3v) is 4.34. The zero-order valence-electron chi connectivity index (χ0n) is 12.8. The predicted octanol–water partition coefficient (Wildman–Crippen LogP) is 4.40. The maximum atomic E-state index is 5.77. The molecule has 0 fully saturated rings. The van der Waals surface area contributed by atoms with E-state index in [-0.39, 0.29) is 0 Å². The van der Waals surface area contributed by atoms with Gasteiger partial charge in [0.05, 0.1) is 6.61 Å². The van der Waals surface area contributed by atoms with E-state index >= 15 is 0 Å². The maximum Gasteiger partial charge on any atom is 0.0809 e. The van der Waals surface area contributed by atoms with Crippen LogP contribution in [0, 0.1) is 0 Å². The molecule has 1 aromatic heterocycles. The van der Waals surface area contributed by atoms with Crippen molar-refractivity contribution in [1.82, 2.24) is 5.32 Å². The number of ether oxygens (including phenoxy) is 1. The minimum atomic E-state index is 0.743. The molecule has 0 atom stereocenters. The van der Waals surface area contributed by atoms with Crippen LogP contribution in [0.3, 0.4) is 0 Å². The molecule has 2 aromatic rings. The van der Waals surface area contributed by atoms with Crippen molar-refractivity contribution in [3.8, 4) is 0 Å². The second-order valence-corrected chi connectivity index (χ2v) is 6.44. The second kappa shape index (κ2) is 9.72. The molecule has 2 nitrogen and oxygen atoms in total. The standard InChI is InChI=1S/C18H25NOS/c1-2-12-19-14-17-10-11-18(21-17)15-20-13-6-9-16-7-4-3-5-8-16/h3-5,7-8,10-11,19H,2,6,9,12-15H2,1H3. The Morgan fingerprint density at radius 2 is 1.86 bits per heavy atom. The van der Waals surface area contributed by atoms with E-state index in [2.05, 4.69) is 54.7 Å². The highest BCUT2D eigenvalue weighted by molar-refractivity contribution is 7.11. The van der Waals surface area contributed by atoms with E-state index in [1.165, 1.54) is 21.7 Å². The molecule has 21 heavy (non-hydrogen) atoms. The highest BCUT2D eigenvalue weighted by Crippen LogP contribution is 2.17. The molecule has 3 heteroatoms. The van der Waals surface area contributed by atoms with Crippen molar-refractivity contribution in [2.24, 2.45) is 0 Å². The first-order chi connectivity index (χ1) is 10.4. The fraction of sp³-hybridized carbons (Fsp3) is 0.444. The van der Waals surface area contributed by atoms with Gasteiger partial charge in [-0.05, 0) is 43.5 Å². The van der Waals surface area contributed by atoms with Crippen molar-refractivity contribution in [3.05, 3.63) is 57.8 Å². The fourth-order valence-electron chi connectivity index (χ4n) is 2.18. The highest BCUT2D eigenvalue weighted by Gasteiger charge is 2.00. The van der Waals surface area contributed by atoms with Crippen molar-refractivity contribution in [2.75, 3.05) is 13.2 Å². The van der Waals surface area contributed by atoms with Crippen molar-refractivity contribution < 1.29 is 4.74 Å². The molecule has 0 aliphatic carbocycles. The van der Waals surface area contributed by atoms with Crippen LogP contribution in [0.25, 0.3) is 0 Å². The van der Waals surface area contributed by atoms with E-state index in [9.17, 15) is 0 Å². The molecule has 0 aliphatic heterocycles. The number of hydrogen-bond acceptors (Lipinski definition) is 3. The van der Waals surface area contributed by atoms with E-state index in [0.29, 0.717) is 0 Å². The Labute approximate surface area is 132 Å². The van der Waals surface area contributed by atoms with Crippen molar-refractivity contribution in [1.29, 1.82) is 0 Å². The van der Waals surface area contributed by atoms with Gasteiger partial charge in [0, 0.05) is 22.9 Å². The molecular weight excluding hydrogens is 278 g/mol. The summed E-state index contributed by atoms with van der Waals surface area (Å²) in [6.45, 7) is 5.83. The molecule has 0 bridgehead atoms. The topological polar surface area (TPSA) is 21.3 Å². The molecule has 114 valence electrons. The van der Waals surface area contributed by atoms with E-state index in [0.717, 1.165) is 39.1 Å². The Morgan fingerprint density at radius 3 is 2.67 bits per heavy atom. The first kappa shape index (κ1) is 16.2. The largest absolute Gasteiger partial charge is 0.376 e. The van der Waals surface area contributed by atoms with Gasteiger partial charge >= 0.3 is 0 Å². The van der Waals surface area contributed by atoms with Crippen LogP contribution < -0.4 is 5.32 Å². The summed E-state index contributed by atoms with van der Waals surface area (Å²) in [5, 5.41) is 3.43. The van der Waals surface area contributed by atoms with Crippen LogP contribution >= 0.6 is 11.3 Å². The average Bonchev–Trinajstić information content (AvgIpc) is 2.96. The van der Waals surface area contributed by atoms with Gasteiger partial charge in [-0.1, -0.05) is 37.3 Å². The van der Waals surface area contributed by atoms with E-state index in [1.807, 2.05) is 11.3 Å². The first-order valence-electron chi connectivity index (χ1n) is 7.78. The molecule has 0 unspecified atom stereocenters. The molecule has 1 aromatic carbocycles. The third-order valence-electron chi connectivity index (χ3n) is 3.28. The Kier molecular flexibility index (Phi) is 7.50. The summed E-state index contributed by atoms with van der Waals surface area (Å²) in [6.07, 6.45) is 3.36. The maximum absolute atomic E-state index is 5.77. The third kappa shape index (κ3) is 6.42. The average molecular weight is 303 g/mol. The van der Waals surface area contributed by atoms with Gasteiger partial charge in [-0.25, -0.2) is 0 Å². The molecule has 1 heterocycles. The van der Waals surface area contributed by atoms with Crippen LogP contribution in [0.2, 0.25) is 0 Å². The monoisotopic (exact) mass is 303 g/mol. The summed E-state index contributed by atoms with van der Waals surface area (Å²) in [5.41, 5.74) is 1.39. The molecule has 0 spiro atoms. The number of hydrogen-bond donors (Lipinski definition) is 1. The highest BCUT2D eigenvalue weighted by atomic mass is 32.1. The Bertz CT molecular complexity index is 495. The van der Waals surface area contributed by atoms with Gasteiger partial charge in [0.2, 0.25) is 0 Å². The quantitative estimate of drug-likeness (QED) is 0.657. The van der Waals surface area contributed by atoms with Gasteiger partial charge in [-0.15, -0.1) is 11.3 Å². The summed E-state index contributed by atoms with van der Waals surface area (Å²) in [7, 11) is 0. The predicted molar refractivity (Wildman–Crippen MR) is 90.7 cm³/mol. The van der Waals surface area contributed by atoms with E-state index < -0.39 is 0 Å². The number of aryl methyl sites for hydroxylation is 1. The van der Waals surface area contributed by atoms with Crippen LogP contribution in [0.15, 0.2) is 42.5 Å². The lowest BCUT2D eigenvalue weighted by Crippen LogP contribution is -2.12. The van der Waals surface area contributed by atoms with Crippen LogP contribution in [0.4, 0.5) is 0 Å². The van der Waals surface area contributed by atoms with Crippen LogP contribution in [0.5, 0.6) is 0 Å². The first-order valence-corrected chi connectivity index (χ1v) is 8.60. The lowest BCUT2D eigenvalue weighted by Gasteiger charge is -2.03. The van der Waals surface area contributed by atoms with Gasteiger partial charge in [0.15, 0.2) is 0 Å². The van der Waals surface area contributed by atoms with Crippen molar-refractivity contribution in [3.63, 3.8) is 0 Å². The molecule has 0 aliphatic rings. The zero-order valence-corrected chi connectivity index (χ0v) is 13.6. The second-order valence-electron chi connectivity index (χ2n) is 5.19. The Hall–Kier alpha value is -1.16. The van der Waals surface area contributed by atoms with Crippen LogP contribution in [-0.2, 0) is 24.3 Å².